The Hall–Kier alpha value is -2.25. The molecule has 0 saturated carbocycles. The van der Waals surface area contributed by atoms with Gasteiger partial charge in [-0.2, -0.15) is 0 Å². The minimum atomic E-state index is -0.691. The molecule has 1 heterocycles. The number of benzene rings is 3. The smallest absolute Gasteiger partial charge is 0.143 e. The van der Waals surface area contributed by atoms with Crippen LogP contribution in [0.25, 0.3) is 0 Å². The highest BCUT2D eigenvalue weighted by Gasteiger charge is 2.37. The number of allylic oxidation sites excluding steroid dienone is 1. The molecule has 3 aromatic carbocycles. The summed E-state index contributed by atoms with van der Waals surface area (Å²) >= 11 is 2.25. The molecule has 0 radical (unpaired) electrons. The fourth-order valence-electron chi connectivity index (χ4n) is 5.55. The second kappa shape index (κ2) is 14.4. The lowest BCUT2D eigenvalue weighted by atomic mass is 9.80. The second-order valence-electron chi connectivity index (χ2n) is 10.7. The number of aliphatic hydroxyl groups is 1. The average molecular weight is 637 g/mol. The molecule has 206 valence electrons. The zero-order valence-electron chi connectivity index (χ0n) is 23.0. The maximum absolute atomic E-state index is 10.5. The summed E-state index contributed by atoms with van der Waals surface area (Å²) in [5.41, 5.74) is 3.81. The van der Waals surface area contributed by atoms with E-state index in [1.165, 1.54) is 0 Å². The number of hydrogen-bond donors (Lipinski definition) is 1. The highest BCUT2D eigenvalue weighted by Crippen LogP contribution is 2.41. The van der Waals surface area contributed by atoms with Crippen LogP contribution in [0.15, 0.2) is 113 Å². The average Bonchev–Trinajstić information content (AvgIpc) is 3.32. The van der Waals surface area contributed by atoms with Crippen molar-refractivity contribution in [1.82, 2.24) is 0 Å². The summed E-state index contributed by atoms with van der Waals surface area (Å²) in [6.07, 6.45) is 4.80. The first-order chi connectivity index (χ1) is 18.9. The van der Waals surface area contributed by atoms with Crippen LogP contribution in [0.1, 0.15) is 62.1 Å². The highest BCUT2D eigenvalue weighted by atomic mass is 127. The summed E-state index contributed by atoms with van der Waals surface area (Å²) in [6.45, 7) is 11.0. The molecular formula is C35H41IO3. The van der Waals surface area contributed by atoms with Crippen molar-refractivity contribution in [3.8, 4) is 0 Å². The van der Waals surface area contributed by atoms with E-state index in [9.17, 15) is 5.11 Å². The molecule has 1 aliphatic rings. The van der Waals surface area contributed by atoms with Gasteiger partial charge in [-0.05, 0) is 92.9 Å². The fourth-order valence-corrected chi connectivity index (χ4v) is 5.80. The normalized spacial score (nSPS) is 19.1. The van der Waals surface area contributed by atoms with E-state index in [0.717, 1.165) is 64.4 Å². The standard InChI is InChI=1S/C35H41IO3/c1-26(28(3)36)24-32(37)21-22-34-27(2)25-33(39-34)20-13-23-38-35(29-14-7-4-8-15-29,30-16-9-5-10-17-30)31-18-11-6-12-19-31/h4-12,14-19,26,32-34,37H,2-3,13,20-25H2,1H3/t26-,32-,33+,34+/m1/s1. The van der Waals surface area contributed by atoms with Crippen LogP contribution < -0.4 is 0 Å². The lowest BCUT2D eigenvalue weighted by Gasteiger charge is -2.36. The lowest BCUT2D eigenvalue weighted by molar-refractivity contribution is -0.00397. The summed E-state index contributed by atoms with van der Waals surface area (Å²) < 4.78 is 14.4. The molecule has 0 amide bonds. The minimum Gasteiger partial charge on any atom is -0.393 e. The molecule has 1 aliphatic heterocycles. The van der Waals surface area contributed by atoms with E-state index in [1.807, 2.05) is 18.2 Å². The third kappa shape index (κ3) is 7.69. The van der Waals surface area contributed by atoms with E-state index < -0.39 is 5.60 Å². The number of halogens is 1. The third-order valence-corrected chi connectivity index (χ3v) is 8.82. The molecule has 0 bridgehead atoms. The molecule has 1 fully saturated rings. The van der Waals surface area contributed by atoms with Crippen molar-refractivity contribution >= 4 is 22.6 Å². The molecule has 39 heavy (non-hydrogen) atoms. The van der Waals surface area contributed by atoms with Crippen LogP contribution in [0.5, 0.6) is 0 Å². The molecule has 1 saturated heterocycles. The minimum absolute atomic E-state index is 0.0284. The van der Waals surface area contributed by atoms with Crippen LogP contribution in [0, 0.1) is 5.92 Å². The Labute approximate surface area is 248 Å². The van der Waals surface area contributed by atoms with Crippen LogP contribution in [-0.4, -0.2) is 30.0 Å². The molecular weight excluding hydrogens is 595 g/mol. The Morgan fingerprint density at radius 3 is 1.95 bits per heavy atom. The lowest BCUT2D eigenvalue weighted by Crippen LogP contribution is -2.33. The van der Waals surface area contributed by atoms with Crippen molar-refractivity contribution in [2.75, 3.05) is 6.61 Å². The first-order valence-corrected chi connectivity index (χ1v) is 15.1. The van der Waals surface area contributed by atoms with Gasteiger partial charge in [0.1, 0.15) is 5.60 Å². The monoisotopic (exact) mass is 636 g/mol. The van der Waals surface area contributed by atoms with Gasteiger partial charge in [-0.25, -0.2) is 0 Å². The second-order valence-corrected chi connectivity index (χ2v) is 12.1. The van der Waals surface area contributed by atoms with Crippen molar-refractivity contribution in [2.24, 2.45) is 5.92 Å². The highest BCUT2D eigenvalue weighted by molar-refractivity contribution is 14.1. The van der Waals surface area contributed by atoms with Gasteiger partial charge in [0.25, 0.3) is 0 Å². The van der Waals surface area contributed by atoms with Crippen molar-refractivity contribution in [3.63, 3.8) is 0 Å². The van der Waals surface area contributed by atoms with Gasteiger partial charge in [-0.1, -0.05) is 111 Å². The first-order valence-electron chi connectivity index (χ1n) is 14.1. The van der Waals surface area contributed by atoms with E-state index >= 15 is 0 Å². The Morgan fingerprint density at radius 1 is 0.949 bits per heavy atom. The summed E-state index contributed by atoms with van der Waals surface area (Å²) in [5.74, 6) is 0.316. The summed E-state index contributed by atoms with van der Waals surface area (Å²) in [5, 5.41) is 10.5. The van der Waals surface area contributed by atoms with Crippen molar-refractivity contribution in [1.29, 1.82) is 0 Å². The molecule has 4 rings (SSSR count). The quantitative estimate of drug-likeness (QED) is 0.0834. The molecule has 0 aromatic heterocycles. The van der Waals surface area contributed by atoms with Crippen LogP contribution in [0.3, 0.4) is 0 Å². The Balaban J connectivity index is 1.38. The third-order valence-electron chi connectivity index (χ3n) is 7.75. The summed E-state index contributed by atoms with van der Waals surface area (Å²) in [4.78, 5) is 0. The molecule has 0 unspecified atom stereocenters. The first kappa shape index (κ1) is 29.7. The van der Waals surface area contributed by atoms with Gasteiger partial charge in [-0.3, -0.25) is 0 Å². The zero-order chi connectivity index (χ0) is 27.7. The number of aliphatic hydroxyl groups excluding tert-OH is 1. The van der Waals surface area contributed by atoms with E-state index in [2.05, 4.69) is 115 Å². The molecule has 3 nitrogen and oxygen atoms in total. The van der Waals surface area contributed by atoms with Crippen molar-refractivity contribution < 1.29 is 14.6 Å². The molecule has 0 spiro atoms. The largest absolute Gasteiger partial charge is 0.393 e. The molecule has 4 atom stereocenters. The zero-order valence-corrected chi connectivity index (χ0v) is 25.1. The summed E-state index contributed by atoms with van der Waals surface area (Å²) in [6, 6.07) is 31.5. The van der Waals surface area contributed by atoms with Gasteiger partial charge >= 0.3 is 0 Å². The maximum Gasteiger partial charge on any atom is 0.143 e. The predicted octanol–water partition coefficient (Wildman–Crippen LogP) is 8.61. The molecule has 3 aromatic rings. The Morgan fingerprint density at radius 2 is 1.46 bits per heavy atom. The summed E-state index contributed by atoms with van der Waals surface area (Å²) in [7, 11) is 0. The van der Waals surface area contributed by atoms with E-state index in [4.69, 9.17) is 9.47 Å². The van der Waals surface area contributed by atoms with Crippen molar-refractivity contribution in [2.45, 2.75) is 69.4 Å². The van der Waals surface area contributed by atoms with Gasteiger partial charge in [0.2, 0.25) is 0 Å². The van der Waals surface area contributed by atoms with Gasteiger partial charge in [0.05, 0.1) is 18.3 Å². The SMILES string of the molecule is C=C(I)[C@H](C)C[C@H](O)CC[C@@H]1O[C@@H](CCCOC(c2ccccc2)(c2ccccc2)c2ccccc2)CC1=C. The predicted molar refractivity (Wildman–Crippen MR) is 169 cm³/mol. The van der Waals surface area contributed by atoms with E-state index in [0.29, 0.717) is 12.5 Å². The van der Waals surface area contributed by atoms with Gasteiger partial charge in [0.15, 0.2) is 0 Å². The number of rotatable bonds is 14. The van der Waals surface area contributed by atoms with Gasteiger partial charge in [0, 0.05) is 6.61 Å². The fraction of sp³-hybridized carbons (Fsp3) is 0.371. The molecule has 4 heteroatoms. The number of hydrogen-bond acceptors (Lipinski definition) is 3. The molecule has 1 N–H and O–H groups in total. The van der Waals surface area contributed by atoms with Crippen LogP contribution in [0.2, 0.25) is 0 Å². The van der Waals surface area contributed by atoms with E-state index in [-0.39, 0.29) is 18.3 Å². The van der Waals surface area contributed by atoms with Crippen LogP contribution in [0.4, 0.5) is 0 Å². The van der Waals surface area contributed by atoms with Crippen molar-refractivity contribution in [3.05, 3.63) is 130 Å². The Bertz CT molecular complexity index is 1080. The van der Waals surface area contributed by atoms with Crippen LogP contribution in [-0.2, 0) is 15.1 Å². The molecule has 0 aliphatic carbocycles. The number of ether oxygens (including phenoxy) is 2. The van der Waals surface area contributed by atoms with Gasteiger partial charge < -0.3 is 14.6 Å². The van der Waals surface area contributed by atoms with Gasteiger partial charge in [-0.15, -0.1) is 0 Å². The Kier molecular flexibility index (Phi) is 11.0. The van der Waals surface area contributed by atoms with E-state index in [1.54, 1.807) is 0 Å². The maximum atomic E-state index is 10.5. The van der Waals surface area contributed by atoms with Crippen LogP contribution >= 0.6 is 22.6 Å². The topological polar surface area (TPSA) is 38.7 Å².